The van der Waals surface area contributed by atoms with Crippen LogP contribution in [0.25, 0.3) is 27.3 Å². The predicted octanol–water partition coefficient (Wildman–Crippen LogP) is 1.00. The quantitative estimate of drug-likeness (QED) is 0.290. The van der Waals surface area contributed by atoms with Gasteiger partial charge in [-0.15, -0.1) is 39.7 Å². The Morgan fingerprint density at radius 2 is 1.13 bits per heavy atom. The van der Waals surface area contributed by atoms with Crippen molar-refractivity contribution in [2.45, 2.75) is 26.9 Å². The zero-order chi connectivity index (χ0) is 19.8. The average molecular weight is 490 g/mol. The monoisotopic (exact) mass is 489 g/mol. The second-order valence-corrected chi connectivity index (χ2v) is 7.41. The predicted molar refractivity (Wildman–Crippen MR) is 119 cm³/mol. The van der Waals surface area contributed by atoms with E-state index in [0.29, 0.717) is 5.56 Å². The Bertz CT molecular complexity index is 979. The number of aryl methyl sites for hydroxylation is 2. The van der Waals surface area contributed by atoms with Crippen LogP contribution >= 0.6 is 0 Å². The number of amides is 1. The van der Waals surface area contributed by atoms with Crippen molar-refractivity contribution in [1.29, 1.82) is 0 Å². The third-order valence-corrected chi connectivity index (χ3v) is 4.23. The largest absolute Gasteiger partial charge is 4.00 e. The van der Waals surface area contributed by atoms with Gasteiger partial charge in [0, 0.05) is 15.1 Å². The van der Waals surface area contributed by atoms with E-state index in [1.165, 1.54) is 21.5 Å². The molecule has 0 bridgehead atoms. The Morgan fingerprint density at radius 1 is 0.767 bits per heavy atom. The van der Waals surface area contributed by atoms with E-state index in [4.69, 9.17) is 5.73 Å². The molecule has 0 aromatic heterocycles. The van der Waals surface area contributed by atoms with Crippen LogP contribution in [0.1, 0.15) is 21.5 Å². The summed E-state index contributed by atoms with van der Waals surface area (Å²) in [5, 5.41) is 5.39. The number of halogens is 2. The van der Waals surface area contributed by atoms with Crippen LogP contribution < -0.4 is 24.8 Å². The molecular weight excluding hydrogens is 465 g/mol. The number of fused-ring (bicyclic) bond motifs is 3. The van der Waals surface area contributed by atoms with Crippen LogP contribution in [0.15, 0.2) is 72.8 Å². The van der Waals surface area contributed by atoms with Gasteiger partial charge in [-0.1, -0.05) is 67.7 Å². The van der Waals surface area contributed by atoms with E-state index < -0.39 is 5.91 Å². The van der Waals surface area contributed by atoms with E-state index in [1.807, 2.05) is 32.0 Å². The topological polar surface area (TPSA) is 40.9 Å². The minimum absolute atomic E-state index is 0. The Balaban J connectivity index is 0. The Kier molecular flexibility index (Phi) is 15.7. The molecule has 0 spiro atoms. The zero-order valence-corrected chi connectivity index (χ0v) is 21.7. The van der Waals surface area contributed by atoms with Crippen molar-refractivity contribution in [1.82, 2.24) is 0 Å². The maximum atomic E-state index is 10.8. The van der Waals surface area contributed by atoms with Crippen molar-refractivity contribution in [3.63, 3.8) is 0 Å². The van der Waals surface area contributed by atoms with Crippen LogP contribution in [0.4, 0.5) is 0 Å². The molecular formula is C24H25Cl2NOSiTi. The summed E-state index contributed by atoms with van der Waals surface area (Å²) >= 11 is 0. The normalized spacial score (nSPS) is 8.93. The zero-order valence-electron chi connectivity index (χ0n) is 17.6. The number of hydrogen-bond acceptors (Lipinski definition) is 1. The molecule has 1 N–H and O–H groups in total. The number of benzene rings is 3. The summed E-state index contributed by atoms with van der Waals surface area (Å²) in [7, 11) is 1.08. The first-order valence-corrected chi connectivity index (χ1v) is 10.9. The van der Waals surface area contributed by atoms with Gasteiger partial charge < -0.3 is 35.3 Å². The van der Waals surface area contributed by atoms with Crippen molar-refractivity contribution in [3.05, 3.63) is 95.2 Å². The molecule has 4 rings (SSSR count). The number of carbonyl (C=O) groups excluding carboxylic acids is 1. The SMILES string of the molecule is C[Si]C.Cc1cccc(C)c1C([NH-])=O.[Cl-].[Cl-].[Ti+4].c1ccc2c(c1)[cH-]c1ccccc12. The molecule has 4 aromatic rings. The van der Waals surface area contributed by atoms with Crippen LogP contribution in [0.5, 0.6) is 0 Å². The van der Waals surface area contributed by atoms with Gasteiger partial charge in [0.05, 0.1) is 5.91 Å². The summed E-state index contributed by atoms with van der Waals surface area (Å²) in [6, 6.07) is 24.8. The first-order valence-electron chi connectivity index (χ1n) is 8.93. The third kappa shape index (κ3) is 7.98. The van der Waals surface area contributed by atoms with Crippen LogP contribution in [-0.2, 0) is 21.7 Å². The summed E-state index contributed by atoms with van der Waals surface area (Å²) < 4.78 is 0. The Hall–Kier alpha value is -1.49. The summed E-state index contributed by atoms with van der Waals surface area (Å²) in [5.41, 5.74) is 9.26. The molecule has 0 aliphatic rings. The van der Waals surface area contributed by atoms with Gasteiger partial charge in [-0.3, -0.25) is 0 Å². The number of rotatable bonds is 1. The third-order valence-electron chi connectivity index (χ3n) is 4.23. The average Bonchev–Trinajstić information content (AvgIpc) is 3.01. The minimum Gasteiger partial charge on any atom is -1.00 e. The fourth-order valence-corrected chi connectivity index (χ4v) is 3.08. The fourth-order valence-electron chi connectivity index (χ4n) is 3.08. The summed E-state index contributed by atoms with van der Waals surface area (Å²) in [5.74, 6) is -0.597. The van der Waals surface area contributed by atoms with Gasteiger partial charge in [0.1, 0.15) is 0 Å². The van der Waals surface area contributed by atoms with E-state index in [2.05, 4.69) is 67.7 Å². The van der Waals surface area contributed by atoms with Gasteiger partial charge in [-0.05, 0) is 25.0 Å². The fraction of sp³-hybridized carbons (Fsp3) is 0.167. The number of hydrogen-bond donors (Lipinski definition) is 0. The molecule has 1 amide bonds. The minimum atomic E-state index is -0.597. The van der Waals surface area contributed by atoms with Crippen molar-refractivity contribution in [2.24, 2.45) is 0 Å². The van der Waals surface area contributed by atoms with E-state index >= 15 is 0 Å². The van der Waals surface area contributed by atoms with Gasteiger partial charge in [0.25, 0.3) is 0 Å². The van der Waals surface area contributed by atoms with Crippen LogP contribution in [-0.4, -0.2) is 15.4 Å². The maximum absolute atomic E-state index is 10.8. The summed E-state index contributed by atoms with van der Waals surface area (Å²) in [6.07, 6.45) is 0. The molecule has 0 saturated carbocycles. The molecule has 0 atom stereocenters. The van der Waals surface area contributed by atoms with Crippen molar-refractivity contribution in [2.75, 3.05) is 0 Å². The van der Waals surface area contributed by atoms with Gasteiger partial charge >= 0.3 is 21.7 Å². The second kappa shape index (κ2) is 15.3. The summed E-state index contributed by atoms with van der Waals surface area (Å²) in [6.45, 7) is 7.99. The Morgan fingerprint density at radius 3 is 1.47 bits per heavy atom. The molecule has 4 aromatic carbocycles. The molecule has 2 radical (unpaired) electrons. The van der Waals surface area contributed by atoms with Crippen molar-refractivity contribution >= 4 is 37.0 Å². The first kappa shape index (κ1) is 30.7. The maximum Gasteiger partial charge on any atom is 4.00 e. The number of nitrogens with one attached hydrogen (secondary N) is 1. The Labute approximate surface area is 209 Å². The molecule has 30 heavy (non-hydrogen) atoms. The van der Waals surface area contributed by atoms with E-state index in [1.54, 1.807) is 0 Å². The van der Waals surface area contributed by atoms with Crippen LogP contribution in [0.3, 0.4) is 0 Å². The molecule has 154 valence electrons. The molecule has 6 heteroatoms. The molecule has 0 aliphatic carbocycles. The number of carbonyl (C=O) groups is 1. The standard InChI is InChI=1S/C13H9.C9H11NO.C2H6Si.2ClH.Ti/c1-3-7-12-10(5-1)9-11-6-2-4-8-13(11)12;1-6-4-3-5-7(2)8(6)9(10)11;1-3-2;;;/h1-9H;3-5H,1-2H3,(H2,10,11);1-2H3;2*1H;/q-1;;;;;+4/p-3. The second-order valence-electron chi connectivity index (χ2n) is 6.41. The van der Waals surface area contributed by atoms with Gasteiger partial charge in [0.2, 0.25) is 0 Å². The molecule has 0 aliphatic heterocycles. The molecule has 0 saturated heterocycles. The molecule has 2 nitrogen and oxygen atoms in total. The van der Waals surface area contributed by atoms with Crippen LogP contribution in [0, 0.1) is 13.8 Å². The summed E-state index contributed by atoms with van der Waals surface area (Å²) in [4.78, 5) is 10.8. The van der Waals surface area contributed by atoms with Crippen molar-refractivity contribution in [3.8, 4) is 0 Å². The van der Waals surface area contributed by atoms with Gasteiger partial charge in [0.15, 0.2) is 0 Å². The van der Waals surface area contributed by atoms with E-state index in [0.717, 1.165) is 20.6 Å². The molecule has 0 heterocycles. The van der Waals surface area contributed by atoms with E-state index in [-0.39, 0.29) is 46.5 Å². The first-order chi connectivity index (χ1) is 13.0. The van der Waals surface area contributed by atoms with Crippen molar-refractivity contribution < 1.29 is 51.3 Å². The molecule has 0 unspecified atom stereocenters. The smallest absolute Gasteiger partial charge is 1.00 e. The van der Waals surface area contributed by atoms with Crippen LogP contribution in [0.2, 0.25) is 13.1 Å². The molecule has 0 fully saturated rings. The van der Waals surface area contributed by atoms with Gasteiger partial charge in [-0.2, -0.15) is 0 Å². The van der Waals surface area contributed by atoms with Gasteiger partial charge in [-0.25, -0.2) is 0 Å². The van der Waals surface area contributed by atoms with E-state index in [9.17, 15) is 4.79 Å².